The molecule has 1 aliphatic rings. The average Bonchev–Trinajstić information content (AvgIpc) is 2.72. The predicted octanol–water partition coefficient (Wildman–Crippen LogP) is 3.20. The molecule has 1 saturated carbocycles. The van der Waals surface area contributed by atoms with Gasteiger partial charge in [-0.05, 0) is 51.4 Å². The third-order valence-corrected chi connectivity index (χ3v) is 4.22. The van der Waals surface area contributed by atoms with E-state index in [1.807, 2.05) is 0 Å². The summed E-state index contributed by atoms with van der Waals surface area (Å²) in [4.78, 5) is 4.15. The molecule has 0 aromatic carbocycles. The molecule has 2 nitrogen and oxygen atoms in total. The second kappa shape index (κ2) is 3.72. The molecule has 2 atom stereocenters. The Kier molecular flexibility index (Phi) is 2.82. The minimum atomic E-state index is 0.251. The lowest BCUT2D eigenvalue weighted by Gasteiger charge is -2.05. The van der Waals surface area contributed by atoms with Crippen LogP contribution in [0.15, 0.2) is 16.7 Å². The van der Waals surface area contributed by atoms with Crippen LogP contribution in [0, 0.1) is 11.3 Å². The van der Waals surface area contributed by atoms with Crippen LogP contribution in [0.1, 0.15) is 25.3 Å². The Bertz CT molecular complexity index is 392. The smallest absolute Gasteiger partial charge is 0.132 e. The minimum Gasteiger partial charge on any atom is -0.330 e. The molecule has 0 amide bonds. The molecule has 1 aliphatic carbocycles. The van der Waals surface area contributed by atoms with Crippen LogP contribution in [-0.4, -0.2) is 11.5 Å². The van der Waals surface area contributed by atoms with Crippen molar-refractivity contribution in [2.75, 3.05) is 6.54 Å². The highest BCUT2D eigenvalue weighted by atomic mass is 79.9. The van der Waals surface area contributed by atoms with Gasteiger partial charge in [-0.1, -0.05) is 25.4 Å². The van der Waals surface area contributed by atoms with Crippen molar-refractivity contribution in [3.8, 4) is 0 Å². The quantitative estimate of drug-likeness (QED) is 0.849. The Morgan fingerprint density at radius 3 is 2.80 bits per heavy atom. The fourth-order valence-electron chi connectivity index (χ4n) is 2.46. The maximum absolute atomic E-state index is 6.11. The molecule has 1 heterocycles. The van der Waals surface area contributed by atoms with E-state index in [-0.39, 0.29) is 5.41 Å². The Morgan fingerprint density at radius 1 is 1.60 bits per heavy atom. The van der Waals surface area contributed by atoms with Gasteiger partial charge in [-0.25, -0.2) is 4.98 Å². The first-order valence-corrected chi connectivity index (χ1v) is 6.16. The standard InChI is InChI=1S/C11H14BrClN2/c1-11(2)8(4-14)9(11)7-3-6(12)5-15-10(7)13/h3,5,8-9H,4,14H2,1-2H3. The largest absolute Gasteiger partial charge is 0.330 e. The van der Waals surface area contributed by atoms with E-state index in [9.17, 15) is 0 Å². The second-order valence-corrected chi connectivity index (χ2v) is 5.95. The molecular weight excluding hydrogens is 275 g/mol. The van der Waals surface area contributed by atoms with Crippen molar-refractivity contribution >= 4 is 27.5 Å². The Labute approximate surface area is 103 Å². The predicted molar refractivity (Wildman–Crippen MR) is 66.0 cm³/mol. The third-order valence-electron chi connectivity index (χ3n) is 3.47. The van der Waals surface area contributed by atoms with E-state index in [0.29, 0.717) is 23.5 Å². The molecular formula is C11H14BrClN2. The molecule has 82 valence electrons. The van der Waals surface area contributed by atoms with E-state index in [4.69, 9.17) is 17.3 Å². The SMILES string of the molecule is CC1(C)C(CN)C1c1cc(Br)cnc1Cl. The summed E-state index contributed by atoms with van der Waals surface area (Å²) in [6.45, 7) is 5.17. The Balaban J connectivity index is 2.36. The van der Waals surface area contributed by atoms with Crippen LogP contribution in [-0.2, 0) is 0 Å². The molecule has 4 heteroatoms. The van der Waals surface area contributed by atoms with Crippen LogP contribution in [0.2, 0.25) is 5.15 Å². The molecule has 1 fully saturated rings. The summed E-state index contributed by atoms with van der Waals surface area (Å²) in [5.74, 6) is 0.964. The zero-order chi connectivity index (χ0) is 11.2. The molecule has 2 N–H and O–H groups in total. The zero-order valence-electron chi connectivity index (χ0n) is 8.80. The highest BCUT2D eigenvalue weighted by Crippen LogP contribution is 2.64. The monoisotopic (exact) mass is 288 g/mol. The van der Waals surface area contributed by atoms with Crippen LogP contribution < -0.4 is 5.73 Å². The Hall–Kier alpha value is -0.120. The van der Waals surface area contributed by atoms with Crippen LogP contribution in [0.5, 0.6) is 0 Å². The first-order chi connectivity index (χ1) is 6.98. The van der Waals surface area contributed by atoms with E-state index in [1.54, 1.807) is 6.20 Å². The second-order valence-electron chi connectivity index (χ2n) is 4.67. The topological polar surface area (TPSA) is 38.9 Å². The molecule has 0 bridgehead atoms. The normalized spacial score (nSPS) is 27.8. The van der Waals surface area contributed by atoms with Crippen molar-refractivity contribution in [3.05, 3.63) is 27.5 Å². The maximum Gasteiger partial charge on any atom is 0.132 e. The molecule has 0 spiro atoms. The van der Waals surface area contributed by atoms with Gasteiger partial charge >= 0.3 is 0 Å². The summed E-state index contributed by atoms with van der Waals surface area (Å²) in [6, 6.07) is 2.05. The van der Waals surface area contributed by atoms with Crippen molar-refractivity contribution < 1.29 is 0 Å². The number of nitrogens with zero attached hydrogens (tertiary/aromatic N) is 1. The summed E-state index contributed by atoms with van der Waals surface area (Å²) >= 11 is 9.53. The van der Waals surface area contributed by atoms with Gasteiger partial charge in [0.05, 0.1) is 0 Å². The van der Waals surface area contributed by atoms with Crippen molar-refractivity contribution in [3.63, 3.8) is 0 Å². The molecule has 0 saturated heterocycles. The zero-order valence-corrected chi connectivity index (χ0v) is 11.1. The molecule has 1 aromatic heterocycles. The van der Waals surface area contributed by atoms with Gasteiger partial charge in [0.2, 0.25) is 0 Å². The van der Waals surface area contributed by atoms with Crippen molar-refractivity contribution in [1.29, 1.82) is 0 Å². The van der Waals surface area contributed by atoms with Gasteiger partial charge in [-0.2, -0.15) is 0 Å². The van der Waals surface area contributed by atoms with E-state index in [0.717, 1.165) is 10.0 Å². The summed E-state index contributed by atoms with van der Waals surface area (Å²) in [5, 5.41) is 0.604. The van der Waals surface area contributed by atoms with Crippen LogP contribution in [0.3, 0.4) is 0 Å². The molecule has 2 rings (SSSR count). The number of nitrogens with two attached hydrogens (primary N) is 1. The average molecular weight is 290 g/mol. The molecule has 2 unspecified atom stereocenters. The van der Waals surface area contributed by atoms with Gasteiger partial charge in [0.15, 0.2) is 0 Å². The summed E-state index contributed by atoms with van der Waals surface area (Å²) in [6.07, 6.45) is 1.72. The van der Waals surface area contributed by atoms with Crippen LogP contribution in [0.4, 0.5) is 0 Å². The first-order valence-electron chi connectivity index (χ1n) is 4.99. The molecule has 1 aromatic rings. The maximum atomic E-state index is 6.11. The van der Waals surface area contributed by atoms with Gasteiger partial charge in [0.1, 0.15) is 5.15 Å². The van der Waals surface area contributed by atoms with E-state index in [2.05, 4.69) is 40.8 Å². The minimum absolute atomic E-state index is 0.251. The molecule has 0 aliphatic heterocycles. The number of hydrogen-bond acceptors (Lipinski definition) is 2. The van der Waals surface area contributed by atoms with Gasteiger partial charge in [0, 0.05) is 10.7 Å². The lowest BCUT2D eigenvalue weighted by Crippen LogP contribution is -2.05. The fraction of sp³-hybridized carbons (Fsp3) is 0.545. The van der Waals surface area contributed by atoms with Gasteiger partial charge in [0.25, 0.3) is 0 Å². The first kappa shape index (κ1) is 11.4. The summed E-state index contributed by atoms with van der Waals surface area (Å²) < 4.78 is 0.973. The van der Waals surface area contributed by atoms with Gasteiger partial charge in [-0.15, -0.1) is 0 Å². The number of rotatable bonds is 2. The molecule has 15 heavy (non-hydrogen) atoms. The van der Waals surface area contributed by atoms with E-state index < -0.39 is 0 Å². The Morgan fingerprint density at radius 2 is 2.27 bits per heavy atom. The molecule has 0 radical (unpaired) electrons. The van der Waals surface area contributed by atoms with E-state index >= 15 is 0 Å². The van der Waals surface area contributed by atoms with Gasteiger partial charge in [-0.3, -0.25) is 0 Å². The number of hydrogen-bond donors (Lipinski definition) is 1. The fourth-order valence-corrected chi connectivity index (χ4v) is 3.03. The van der Waals surface area contributed by atoms with Gasteiger partial charge < -0.3 is 5.73 Å². The lowest BCUT2D eigenvalue weighted by molar-refractivity contribution is 0.558. The number of aromatic nitrogens is 1. The highest BCUT2D eigenvalue weighted by molar-refractivity contribution is 9.10. The number of pyridine rings is 1. The van der Waals surface area contributed by atoms with E-state index in [1.165, 1.54) is 0 Å². The van der Waals surface area contributed by atoms with Crippen LogP contribution in [0.25, 0.3) is 0 Å². The van der Waals surface area contributed by atoms with Crippen molar-refractivity contribution in [2.45, 2.75) is 19.8 Å². The number of halogens is 2. The van der Waals surface area contributed by atoms with Crippen molar-refractivity contribution in [1.82, 2.24) is 4.98 Å². The highest BCUT2D eigenvalue weighted by Gasteiger charge is 2.58. The third kappa shape index (κ3) is 1.81. The summed E-state index contributed by atoms with van der Waals surface area (Å²) in [7, 11) is 0. The lowest BCUT2D eigenvalue weighted by atomic mass is 10.1. The van der Waals surface area contributed by atoms with Crippen molar-refractivity contribution in [2.24, 2.45) is 17.1 Å². The summed E-state index contributed by atoms with van der Waals surface area (Å²) in [5.41, 5.74) is 7.12. The van der Waals surface area contributed by atoms with Crippen LogP contribution >= 0.6 is 27.5 Å².